The summed E-state index contributed by atoms with van der Waals surface area (Å²) in [5.74, 6) is 1.54. The molecule has 1 unspecified atom stereocenters. The summed E-state index contributed by atoms with van der Waals surface area (Å²) in [6.07, 6.45) is 0.400. The minimum absolute atomic E-state index is 0.151. The second-order valence-electron chi connectivity index (χ2n) is 9.63. The minimum Gasteiger partial charge on any atom is -0.508 e. The van der Waals surface area contributed by atoms with Crippen LogP contribution >= 0.6 is 11.6 Å². The number of halogens is 1. The fourth-order valence-corrected chi connectivity index (χ4v) is 3.22. The zero-order valence-corrected chi connectivity index (χ0v) is 20.8. The van der Waals surface area contributed by atoms with E-state index in [2.05, 4.69) is 34.6 Å². The molecule has 0 bridgehead atoms. The molecule has 0 saturated carbocycles. The molecule has 4 rings (SSSR count). The molecule has 5 heteroatoms. The van der Waals surface area contributed by atoms with Crippen molar-refractivity contribution in [3.8, 4) is 17.2 Å². The van der Waals surface area contributed by atoms with Crippen molar-refractivity contribution < 1.29 is 20.1 Å². The van der Waals surface area contributed by atoms with Crippen LogP contribution in [-0.4, -0.2) is 33.9 Å². The third-order valence-electron chi connectivity index (χ3n) is 5.49. The van der Waals surface area contributed by atoms with Gasteiger partial charge in [0.15, 0.2) is 0 Å². The zero-order chi connectivity index (χ0) is 24.6. The maximum Gasteiger partial charge on any atom is 0.115 e. The van der Waals surface area contributed by atoms with Crippen LogP contribution in [-0.2, 0) is 15.6 Å². The fraction of sp³-hybridized carbons (Fsp3) is 0.357. The number of hydrogen-bond donors (Lipinski definition) is 3. The van der Waals surface area contributed by atoms with E-state index >= 15 is 0 Å². The number of phenols is 3. The molecular weight excluding hydrogens is 436 g/mol. The molecule has 33 heavy (non-hydrogen) atoms. The van der Waals surface area contributed by atoms with Crippen molar-refractivity contribution in [2.75, 3.05) is 12.5 Å². The van der Waals surface area contributed by atoms with Gasteiger partial charge in [0, 0.05) is 5.41 Å². The number of benzene rings is 3. The number of aromatic hydroxyl groups is 3. The summed E-state index contributed by atoms with van der Waals surface area (Å²) in [5.41, 5.74) is 3.52. The first-order valence-corrected chi connectivity index (χ1v) is 11.5. The fourth-order valence-electron chi connectivity index (χ4n) is 3.04. The van der Waals surface area contributed by atoms with E-state index in [4.69, 9.17) is 21.4 Å². The Labute approximate surface area is 202 Å². The maximum atomic E-state index is 9.30. The Hall–Kier alpha value is -2.69. The van der Waals surface area contributed by atoms with Gasteiger partial charge in [-0.2, -0.15) is 0 Å². The van der Waals surface area contributed by atoms with Crippen molar-refractivity contribution in [3.63, 3.8) is 0 Å². The number of alkyl halides is 1. The highest BCUT2D eigenvalue weighted by molar-refractivity contribution is 6.18. The number of ether oxygens (including phenoxy) is 1. The van der Waals surface area contributed by atoms with Crippen molar-refractivity contribution in [1.29, 1.82) is 0 Å². The molecule has 1 aliphatic heterocycles. The second-order valence-corrected chi connectivity index (χ2v) is 9.93. The second kappa shape index (κ2) is 11.4. The molecule has 0 spiro atoms. The SMILES string of the molecule is CC(C)(C)c1ccc(O)cc1.CC(C)(c1ccc(O)cc1)c1ccc(O)cc1.ClCC1CO1. The molecule has 0 amide bonds. The Bertz CT molecular complexity index is 921. The van der Waals surface area contributed by atoms with Crippen LogP contribution in [0.4, 0.5) is 0 Å². The Morgan fingerprint density at radius 1 is 0.667 bits per heavy atom. The monoisotopic (exact) mass is 470 g/mol. The molecule has 0 aromatic heterocycles. The first-order valence-electron chi connectivity index (χ1n) is 11.0. The van der Waals surface area contributed by atoms with Crippen molar-refractivity contribution in [1.82, 2.24) is 0 Å². The van der Waals surface area contributed by atoms with E-state index < -0.39 is 0 Å². The van der Waals surface area contributed by atoms with Gasteiger partial charge in [-0.05, 0) is 58.5 Å². The van der Waals surface area contributed by atoms with Crippen molar-refractivity contribution in [2.45, 2.75) is 51.6 Å². The van der Waals surface area contributed by atoms with Crippen LogP contribution < -0.4 is 0 Å². The summed E-state index contributed by atoms with van der Waals surface area (Å²) < 4.78 is 4.73. The van der Waals surface area contributed by atoms with Gasteiger partial charge < -0.3 is 20.1 Å². The summed E-state index contributed by atoms with van der Waals surface area (Å²) in [4.78, 5) is 0. The number of hydrogen-bond acceptors (Lipinski definition) is 4. The first kappa shape index (κ1) is 26.6. The third-order valence-corrected chi connectivity index (χ3v) is 5.83. The van der Waals surface area contributed by atoms with E-state index in [0.717, 1.165) is 17.7 Å². The lowest BCUT2D eigenvalue weighted by Crippen LogP contribution is -2.18. The third kappa shape index (κ3) is 8.64. The molecule has 1 atom stereocenters. The largest absolute Gasteiger partial charge is 0.508 e. The molecule has 3 aromatic carbocycles. The zero-order valence-electron chi connectivity index (χ0n) is 20.0. The van der Waals surface area contributed by atoms with Crippen molar-refractivity contribution in [2.24, 2.45) is 0 Å². The van der Waals surface area contributed by atoms with Gasteiger partial charge in [0.05, 0.1) is 18.6 Å². The quantitative estimate of drug-likeness (QED) is 0.293. The normalized spacial score (nSPS) is 14.9. The lowest BCUT2D eigenvalue weighted by molar-refractivity contribution is 0.425. The molecule has 1 heterocycles. The topological polar surface area (TPSA) is 73.2 Å². The molecule has 0 radical (unpaired) electrons. The highest BCUT2D eigenvalue weighted by Crippen LogP contribution is 2.33. The van der Waals surface area contributed by atoms with Gasteiger partial charge in [-0.15, -0.1) is 11.6 Å². The van der Waals surface area contributed by atoms with E-state index in [1.54, 1.807) is 36.4 Å². The Balaban J connectivity index is 0.000000204. The van der Waals surface area contributed by atoms with E-state index in [-0.39, 0.29) is 22.3 Å². The molecule has 4 nitrogen and oxygen atoms in total. The maximum absolute atomic E-state index is 9.30. The van der Waals surface area contributed by atoms with E-state index in [0.29, 0.717) is 17.7 Å². The van der Waals surface area contributed by atoms with Gasteiger partial charge in [-0.3, -0.25) is 0 Å². The highest BCUT2D eigenvalue weighted by Gasteiger charge is 2.22. The van der Waals surface area contributed by atoms with E-state index in [1.807, 2.05) is 36.4 Å². The number of phenolic OH excluding ortho intramolecular Hbond substituents is 3. The summed E-state index contributed by atoms with van der Waals surface area (Å²) in [5, 5.41) is 27.6. The van der Waals surface area contributed by atoms with Gasteiger partial charge in [-0.1, -0.05) is 71.0 Å². The molecule has 0 aliphatic carbocycles. The Kier molecular flexibility index (Phi) is 9.21. The van der Waals surface area contributed by atoms with Crippen LogP contribution in [0, 0.1) is 0 Å². The Morgan fingerprint density at radius 3 is 1.18 bits per heavy atom. The van der Waals surface area contributed by atoms with Crippen molar-refractivity contribution >= 4 is 11.6 Å². The predicted molar refractivity (Wildman–Crippen MR) is 136 cm³/mol. The molecule has 1 aliphatic rings. The van der Waals surface area contributed by atoms with E-state index in [9.17, 15) is 10.2 Å². The lowest BCUT2D eigenvalue weighted by atomic mass is 9.78. The van der Waals surface area contributed by atoms with Crippen LogP contribution in [0.1, 0.15) is 51.3 Å². The predicted octanol–water partition coefficient (Wildman–Crippen LogP) is 6.74. The smallest absolute Gasteiger partial charge is 0.115 e. The molecule has 178 valence electrons. The van der Waals surface area contributed by atoms with Gasteiger partial charge in [0.2, 0.25) is 0 Å². The summed E-state index contributed by atoms with van der Waals surface area (Å²) >= 11 is 5.27. The summed E-state index contributed by atoms with van der Waals surface area (Å²) in [7, 11) is 0. The van der Waals surface area contributed by atoms with E-state index in [1.165, 1.54) is 5.56 Å². The van der Waals surface area contributed by atoms with Crippen LogP contribution in [0.3, 0.4) is 0 Å². The lowest BCUT2D eigenvalue weighted by Gasteiger charge is -2.26. The number of epoxide rings is 1. The molecule has 3 aromatic rings. The molecule has 1 fully saturated rings. The highest BCUT2D eigenvalue weighted by atomic mass is 35.5. The Morgan fingerprint density at radius 2 is 0.970 bits per heavy atom. The average Bonchev–Trinajstić information content (AvgIpc) is 3.60. The van der Waals surface area contributed by atoms with Gasteiger partial charge in [0.25, 0.3) is 0 Å². The van der Waals surface area contributed by atoms with Crippen LogP contribution in [0.2, 0.25) is 0 Å². The minimum atomic E-state index is -0.151. The first-order chi connectivity index (χ1) is 15.4. The molecule has 1 saturated heterocycles. The summed E-state index contributed by atoms with van der Waals surface area (Å²) in [6, 6.07) is 21.8. The van der Waals surface area contributed by atoms with Crippen molar-refractivity contribution in [3.05, 3.63) is 89.5 Å². The van der Waals surface area contributed by atoms with Gasteiger partial charge >= 0.3 is 0 Å². The van der Waals surface area contributed by atoms with Gasteiger partial charge in [0.1, 0.15) is 17.2 Å². The van der Waals surface area contributed by atoms with Crippen LogP contribution in [0.25, 0.3) is 0 Å². The standard InChI is InChI=1S/C15H16O2.C10H14O.C3H5ClO/c1-15(2,11-3-7-13(16)8-4-11)12-5-9-14(17)10-6-12;1-10(2,3)8-4-6-9(11)7-5-8;4-1-3-2-5-3/h3-10,16-17H,1-2H3;4-7,11H,1-3H3;3H,1-2H2. The summed E-state index contributed by atoms with van der Waals surface area (Å²) in [6.45, 7) is 11.6. The molecule has 3 N–H and O–H groups in total. The van der Waals surface area contributed by atoms with Crippen LogP contribution in [0.5, 0.6) is 17.2 Å². The number of rotatable bonds is 3. The van der Waals surface area contributed by atoms with Gasteiger partial charge in [-0.25, -0.2) is 0 Å². The molecular formula is C28H35ClO4. The van der Waals surface area contributed by atoms with Crippen LogP contribution in [0.15, 0.2) is 72.8 Å². The average molecular weight is 471 g/mol.